The van der Waals surface area contributed by atoms with Crippen LogP contribution in [0.1, 0.15) is 23.0 Å². The first kappa shape index (κ1) is 20.0. The van der Waals surface area contributed by atoms with E-state index in [2.05, 4.69) is 10.3 Å². The molecule has 0 aliphatic carbocycles. The van der Waals surface area contributed by atoms with Gasteiger partial charge < -0.3 is 24.5 Å². The van der Waals surface area contributed by atoms with Crippen LogP contribution >= 0.6 is 0 Å². The molecule has 0 saturated heterocycles. The van der Waals surface area contributed by atoms with Gasteiger partial charge in [-0.25, -0.2) is 4.79 Å². The van der Waals surface area contributed by atoms with Gasteiger partial charge in [-0.2, -0.15) is 0 Å². The quantitative estimate of drug-likeness (QED) is 0.467. The molecule has 0 bridgehead atoms. The van der Waals surface area contributed by atoms with E-state index in [1.807, 2.05) is 24.3 Å². The Labute approximate surface area is 168 Å². The van der Waals surface area contributed by atoms with Crippen molar-refractivity contribution in [2.75, 3.05) is 26.1 Å². The number of aromatic amines is 1. The summed E-state index contributed by atoms with van der Waals surface area (Å²) in [5.74, 6) is 0.265. The van der Waals surface area contributed by atoms with Crippen molar-refractivity contribution in [3.05, 3.63) is 59.8 Å². The Morgan fingerprint density at radius 2 is 1.83 bits per heavy atom. The van der Waals surface area contributed by atoms with Crippen LogP contribution in [0.3, 0.4) is 0 Å². The number of para-hydroxylation sites is 1. The summed E-state index contributed by atoms with van der Waals surface area (Å²) in [6.45, 7) is 1.96. The maximum atomic E-state index is 12.5. The molecule has 2 N–H and O–H groups in total. The monoisotopic (exact) mass is 394 g/mol. The lowest BCUT2D eigenvalue weighted by Gasteiger charge is -2.08. The number of carbonyl (C=O) groups excluding carboxylic acids is 2. The van der Waals surface area contributed by atoms with Crippen molar-refractivity contribution < 1.29 is 23.8 Å². The van der Waals surface area contributed by atoms with Gasteiger partial charge in [-0.15, -0.1) is 0 Å². The largest absolute Gasteiger partial charge is 0.493 e. The Kier molecular flexibility index (Phi) is 6.19. The zero-order valence-corrected chi connectivity index (χ0v) is 16.4. The number of anilines is 1. The van der Waals surface area contributed by atoms with E-state index in [0.717, 1.165) is 16.5 Å². The van der Waals surface area contributed by atoms with Gasteiger partial charge in [0.2, 0.25) is 5.91 Å². The molecule has 0 saturated carbocycles. The van der Waals surface area contributed by atoms with Crippen LogP contribution < -0.4 is 14.8 Å². The molecular formula is C22H22N2O5. The minimum absolute atomic E-state index is 0.209. The van der Waals surface area contributed by atoms with E-state index >= 15 is 0 Å². The van der Waals surface area contributed by atoms with Crippen molar-refractivity contribution in [2.45, 2.75) is 6.92 Å². The summed E-state index contributed by atoms with van der Waals surface area (Å²) in [5.41, 5.74) is 2.10. The highest BCUT2D eigenvalue weighted by atomic mass is 16.5. The van der Waals surface area contributed by atoms with E-state index in [0.29, 0.717) is 17.2 Å². The maximum absolute atomic E-state index is 12.5. The summed E-state index contributed by atoms with van der Waals surface area (Å²) >= 11 is 0. The molecule has 0 aliphatic rings. The molecule has 29 heavy (non-hydrogen) atoms. The number of benzene rings is 2. The van der Waals surface area contributed by atoms with Crippen LogP contribution in [0.25, 0.3) is 17.0 Å². The van der Waals surface area contributed by atoms with Crippen LogP contribution in [0, 0.1) is 0 Å². The molecule has 0 radical (unpaired) electrons. The molecule has 0 atom stereocenters. The molecule has 0 fully saturated rings. The lowest BCUT2D eigenvalue weighted by molar-refractivity contribution is -0.111. The van der Waals surface area contributed by atoms with Crippen molar-refractivity contribution in [2.24, 2.45) is 0 Å². The summed E-state index contributed by atoms with van der Waals surface area (Å²) in [7, 11) is 3.11. The zero-order chi connectivity index (χ0) is 20.8. The van der Waals surface area contributed by atoms with Crippen molar-refractivity contribution in [3.63, 3.8) is 0 Å². The van der Waals surface area contributed by atoms with Crippen LogP contribution in [-0.2, 0) is 9.53 Å². The van der Waals surface area contributed by atoms with E-state index in [9.17, 15) is 9.59 Å². The third-order valence-electron chi connectivity index (χ3n) is 4.27. The molecule has 1 amide bonds. The highest BCUT2D eigenvalue weighted by Crippen LogP contribution is 2.29. The molecule has 0 spiro atoms. The van der Waals surface area contributed by atoms with Crippen LogP contribution in [0.2, 0.25) is 0 Å². The third-order valence-corrected chi connectivity index (χ3v) is 4.27. The van der Waals surface area contributed by atoms with Gasteiger partial charge in [-0.3, -0.25) is 4.79 Å². The van der Waals surface area contributed by atoms with Gasteiger partial charge in [0.25, 0.3) is 0 Å². The predicted molar refractivity (Wildman–Crippen MR) is 111 cm³/mol. The second-order valence-electron chi connectivity index (χ2n) is 6.08. The normalized spacial score (nSPS) is 10.9. The Morgan fingerprint density at radius 1 is 1.07 bits per heavy atom. The van der Waals surface area contributed by atoms with E-state index in [1.165, 1.54) is 6.08 Å². The Bertz CT molecular complexity index is 1070. The number of aromatic nitrogens is 1. The van der Waals surface area contributed by atoms with Gasteiger partial charge in [0.1, 0.15) is 5.69 Å². The number of rotatable bonds is 7. The van der Waals surface area contributed by atoms with Gasteiger partial charge in [0, 0.05) is 17.0 Å². The summed E-state index contributed by atoms with van der Waals surface area (Å²) < 4.78 is 15.6. The molecule has 7 heteroatoms. The molecule has 0 aliphatic heterocycles. The first-order valence-corrected chi connectivity index (χ1v) is 9.06. The van der Waals surface area contributed by atoms with Gasteiger partial charge in [-0.1, -0.05) is 24.3 Å². The number of hydrogen-bond acceptors (Lipinski definition) is 5. The first-order chi connectivity index (χ1) is 14.1. The summed E-state index contributed by atoms with van der Waals surface area (Å²) in [6, 6.07) is 12.7. The third kappa shape index (κ3) is 4.40. The predicted octanol–water partition coefficient (Wildman–Crippen LogP) is 4.01. The fourth-order valence-corrected chi connectivity index (χ4v) is 2.92. The smallest absolute Gasteiger partial charge is 0.356 e. The minimum atomic E-state index is -0.525. The van der Waals surface area contributed by atoms with Crippen molar-refractivity contribution in [1.82, 2.24) is 4.98 Å². The number of H-pyrrole nitrogens is 1. The van der Waals surface area contributed by atoms with Gasteiger partial charge in [-0.05, 0) is 36.8 Å². The van der Waals surface area contributed by atoms with E-state index in [1.54, 1.807) is 45.4 Å². The second-order valence-corrected chi connectivity index (χ2v) is 6.08. The molecular weight excluding hydrogens is 372 g/mol. The average Bonchev–Trinajstić information content (AvgIpc) is 3.10. The molecule has 3 rings (SSSR count). The molecule has 150 valence electrons. The van der Waals surface area contributed by atoms with Crippen LogP contribution in [0.4, 0.5) is 5.69 Å². The number of methoxy groups -OCH3 is 2. The fraction of sp³-hybridized carbons (Fsp3) is 0.182. The van der Waals surface area contributed by atoms with Crippen molar-refractivity contribution in [1.29, 1.82) is 0 Å². The fourth-order valence-electron chi connectivity index (χ4n) is 2.92. The van der Waals surface area contributed by atoms with Crippen LogP contribution in [0.5, 0.6) is 11.5 Å². The highest BCUT2D eigenvalue weighted by molar-refractivity contribution is 6.13. The lowest BCUT2D eigenvalue weighted by Crippen LogP contribution is -2.13. The second kappa shape index (κ2) is 8.97. The number of ether oxygens (including phenoxy) is 3. The summed E-state index contributed by atoms with van der Waals surface area (Å²) in [4.78, 5) is 27.8. The SMILES string of the molecule is CCOC(=O)c1[nH]c2ccccc2c1NC(=O)/C=C/c1ccc(OC)c(OC)c1. The molecule has 3 aromatic rings. The van der Waals surface area contributed by atoms with E-state index < -0.39 is 5.97 Å². The van der Waals surface area contributed by atoms with Gasteiger partial charge in [0.05, 0.1) is 26.5 Å². The van der Waals surface area contributed by atoms with E-state index in [-0.39, 0.29) is 18.2 Å². The maximum Gasteiger partial charge on any atom is 0.356 e. The molecule has 2 aromatic carbocycles. The molecule has 7 nitrogen and oxygen atoms in total. The first-order valence-electron chi connectivity index (χ1n) is 9.06. The molecule has 1 aromatic heterocycles. The summed E-state index contributed by atoms with van der Waals surface area (Å²) in [6.07, 6.45) is 3.04. The number of hydrogen-bond donors (Lipinski definition) is 2. The topological polar surface area (TPSA) is 89.7 Å². The minimum Gasteiger partial charge on any atom is -0.493 e. The van der Waals surface area contributed by atoms with Gasteiger partial charge in [0.15, 0.2) is 11.5 Å². The molecule has 0 unspecified atom stereocenters. The van der Waals surface area contributed by atoms with Crippen molar-refractivity contribution >= 4 is 34.5 Å². The highest BCUT2D eigenvalue weighted by Gasteiger charge is 2.19. The number of amides is 1. The van der Waals surface area contributed by atoms with Crippen LogP contribution in [-0.4, -0.2) is 37.7 Å². The zero-order valence-electron chi connectivity index (χ0n) is 16.4. The lowest BCUT2D eigenvalue weighted by atomic mass is 10.2. The summed E-state index contributed by atoms with van der Waals surface area (Å²) in [5, 5.41) is 3.51. The average molecular weight is 394 g/mol. The number of carbonyl (C=O) groups is 2. The number of fused-ring (bicyclic) bond motifs is 1. The van der Waals surface area contributed by atoms with Gasteiger partial charge >= 0.3 is 5.97 Å². The number of esters is 1. The standard InChI is InChI=1S/C22H22N2O5/c1-4-29-22(26)21-20(15-7-5-6-8-16(15)23-21)24-19(25)12-10-14-9-11-17(27-2)18(13-14)28-3/h5-13,23H,4H2,1-3H3,(H,24,25)/b12-10+. The van der Waals surface area contributed by atoms with E-state index in [4.69, 9.17) is 14.2 Å². The Balaban J connectivity index is 1.85. The Morgan fingerprint density at radius 3 is 2.55 bits per heavy atom. The van der Waals surface area contributed by atoms with Crippen molar-refractivity contribution in [3.8, 4) is 11.5 Å². The molecule has 1 heterocycles. The Hall–Kier alpha value is -3.74. The van der Waals surface area contributed by atoms with Crippen LogP contribution in [0.15, 0.2) is 48.5 Å². The number of nitrogens with one attached hydrogen (secondary N) is 2.